The Kier molecular flexibility index (Phi) is 6.66. The van der Waals surface area contributed by atoms with E-state index in [1.807, 2.05) is 13.8 Å². The van der Waals surface area contributed by atoms with Gasteiger partial charge in [-0.2, -0.15) is 0 Å². The van der Waals surface area contributed by atoms with Crippen molar-refractivity contribution in [2.75, 3.05) is 13.2 Å². The molecule has 0 unspecified atom stereocenters. The Morgan fingerprint density at radius 1 is 1.11 bits per heavy atom. The molecule has 0 heterocycles. The highest BCUT2D eigenvalue weighted by Gasteiger charge is 2.50. The Morgan fingerprint density at radius 2 is 1.50 bits per heavy atom. The number of esters is 2. The first-order valence-electron chi connectivity index (χ1n) is 6.33. The van der Waals surface area contributed by atoms with Crippen LogP contribution in [0, 0.1) is 11.3 Å². The molecule has 0 fully saturated rings. The van der Waals surface area contributed by atoms with E-state index >= 15 is 0 Å². The van der Waals surface area contributed by atoms with Gasteiger partial charge in [0.15, 0.2) is 5.41 Å². The molecule has 0 aliphatic rings. The van der Waals surface area contributed by atoms with Gasteiger partial charge in [0.1, 0.15) is 0 Å². The summed E-state index contributed by atoms with van der Waals surface area (Å²) >= 11 is 0. The van der Waals surface area contributed by atoms with Crippen LogP contribution in [0.5, 0.6) is 0 Å². The van der Waals surface area contributed by atoms with Crippen LogP contribution < -0.4 is 0 Å². The van der Waals surface area contributed by atoms with Gasteiger partial charge in [-0.05, 0) is 33.1 Å². The van der Waals surface area contributed by atoms with Gasteiger partial charge in [0.05, 0.1) is 13.2 Å². The monoisotopic (exact) mass is 256 g/mol. The molecule has 4 heteroatoms. The molecule has 0 aromatic heterocycles. The molecule has 0 saturated heterocycles. The van der Waals surface area contributed by atoms with E-state index in [0.717, 1.165) is 0 Å². The number of hydrogen-bond acceptors (Lipinski definition) is 4. The summed E-state index contributed by atoms with van der Waals surface area (Å²) in [6.45, 7) is 13.2. The maximum atomic E-state index is 12.2. The molecule has 4 nitrogen and oxygen atoms in total. The average Bonchev–Trinajstić information content (AvgIpc) is 2.25. The van der Waals surface area contributed by atoms with Crippen molar-refractivity contribution in [3.8, 4) is 0 Å². The van der Waals surface area contributed by atoms with Gasteiger partial charge in [-0.1, -0.05) is 26.0 Å². The smallest absolute Gasteiger partial charge is 0.327 e. The van der Waals surface area contributed by atoms with E-state index in [1.165, 1.54) is 0 Å². The lowest BCUT2D eigenvalue weighted by atomic mass is 9.75. The molecule has 0 aromatic rings. The first-order valence-corrected chi connectivity index (χ1v) is 6.33. The van der Waals surface area contributed by atoms with E-state index in [1.54, 1.807) is 20.8 Å². The first kappa shape index (κ1) is 16.7. The lowest BCUT2D eigenvalue weighted by molar-refractivity contribution is -0.170. The average molecular weight is 256 g/mol. The molecule has 0 bridgehead atoms. The SMILES string of the molecule is C=C(C)C(CC(C)C)(C(=O)OCC)C(=O)OCC. The summed E-state index contributed by atoms with van der Waals surface area (Å²) < 4.78 is 10.1. The second-order valence-corrected chi connectivity index (χ2v) is 4.72. The molecule has 0 aliphatic heterocycles. The molecule has 0 rings (SSSR count). The van der Waals surface area contributed by atoms with E-state index in [0.29, 0.717) is 12.0 Å². The minimum absolute atomic E-state index is 0.149. The van der Waals surface area contributed by atoms with Crippen LogP contribution in [0.25, 0.3) is 0 Å². The molecule has 0 N–H and O–H groups in total. The van der Waals surface area contributed by atoms with Crippen LogP contribution >= 0.6 is 0 Å². The van der Waals surface area contributed by atoms with E-state index in [4.69, 9.17) is 9.47 Å². The number of rotatable bonds is 7. The molecule has 104 valence electrons. The lowest BCUT2D eigenvalue weighted by Crippen LogP contribution is -2.44. The van der Waals surface area contributed by atoms with Gasteiger partial charge < -0.3 is 9.47 Å². The van der Waals surface area contributed by atoms with Crippen LogP contribution in [0.15, 0.2) is 12.2 Å². The third kappa shape index (κ3) is 3.59. The topological polar surface area (TPSA) is 52.6 Å². The Balaban J connectivity index is 5.49. The fourth-order valence-corrected chi connectivity index (χ4v) is 1.89. The molecule has 0 amide bonds. The molecule has 0 aliphatic carbocycles. The Morgan fingerprint density at radius 3 is 1.72 bits per heavy atom. The Labute approximate surface area is 109 Å². The Hall–Kier alpha value is -1.32. The minimum atomic E-state index is -1.37. The van der Waals surface area contributed by atoms with Crippen LogP contribution in [-0.2, 0) is 19.1 Å². The largest absolute Gasteiger partial charge is 0.465 e. The van der Waals surface area contributed by atoms with E-state index < -0.39 is 17.4 Å². The quantitative estimate of drug-likeness (QED) is 0.399. The molecule has 0 spiro atoms. The van der Waals surface area contributed by atoms with Gasteiger partial charge in [0.2, 0.25) is 0 Å². The fraction of sp³-hybridized carbons (Fsp3) is 0.714. The third-order valence-electron chi connectivity index (χ3n) is 2.69. The zero-order chi connectivity index (χ0) is 14.3. The Bertz CT molecular complexity index is 300. The zero-order valence-corrected chi connectivity index (χ0v) is 12.0. The van der Waals surface area contributed by atoms with Gasteiger partial charge in [-0.3, -0.25) is 9.59 Å². The standard InChI is InChI=1S/C14H24O4/c1-7-17-12(15)14(11(5)6,9-10(3)4)13(16)18-8-2/h10H,5,7-9H2,1-4,6H3. The van der Waals surface area contributed by atoms with Crippen LogP contribution in [-0.4, -0.2) is 25.2 Å². The second kappa shape index (κ2) is 7.19. The van der Waals surface area contributed by atoms with Crippen molar-refractivity contribution in [2.45, 2.75) is 41.0 Å². The maximum absolute atomic E-state index is 12.2. The molecule has 0 radical (unpaired) electrons. The van der Waals surface area contributed by atoms with Gasteiger partial charge in [0.25, 0.3) is 0 Å². The zero-order valence-electron chi connectivity index (χ0n) is 12.0. The number of carbonyl (C=O) groups excluding carboxylic acids is 2. The fourth-order valence-electron chi connectivity index (χ4n) is 1.89. The number of carbonyl (C=O) groups is 2. The summed E-state index contributed by atoms with van der Waals surface area (Å²) in [7, 11) is 0. The van der Waals surface area contributed by atoms with Crippen molar-refractivity contribution in [1.29, 1.82) is 0 Å². The predicted molar refractivity (Wildman–Crippen MR) is 70.0 cm³/mol. The molecular formula is C14H24O4. The molecular weight excluding hydrogens is 232 g/mol. The van der Waals surface area contributed by atoms with Crippen molar-refractivity contribution < 1.29 is 19.1 Å². The minimum Gasteiger partial charge on any atom is -0.465 e. The van der Waals surface area contributed by atoms with E-state index in [2.05, 4.69) is 6.58 Å². The van der Waals surface area contributed by atoms with Crippen LogP contribution in [0.3, 0.4) is 0 Å². The van der Waals surface area contributed by atoms with Crippen LogP contribution in [0.2, 0.25) is 0 Å². The summed E-state index contributed by atoms with van der Waals surface area (Å²) in [6, 6.07) is 0. The van der Waals surface area contributed by atoms with Crippen LogP contribution in [0.4, 0.5) is 0 Å². The molecule has 0 aromatic carbocycles. The van der Waals surface area contributed by atoms with Gasteiger partial charge in [0, 0.05) is 0 Å². The highest BCUT2D eigenvalue weighted by Crippen LogP contribution is 2.36. The maximum Gasteiger partial charge on any atom is 0.327 e. The molecule has 18 heavy (non-hydrogen) atoms. The van der Waals surface area contributed by atoms with Gasteiger partial charge in [-0.15, -0.1) is 0 Å². The van der Waals surface area contributed by atoms with Gasteiger partial charge in [-0.25, -0.2) is 0 Å². The second-order valence-electron chi connectivity index (χ2n) is 4.72. The third-order valence-corrected chi connectivity index (χ3v) is 2.69. The number of hydrogen-bond donors (Lipinski definition) is 0. The highest BCUT2D eigenvalue weighted by atomic mass is 16.6. The van der Waals surface area contributed by atoms with E-state index in [-0.39, 0.29) is 19.1 Å². The summed E-state index contributed by atoms with van der Waals surface area (Å²) in [4.78, 5) is 24.3. The predicted octanol–water partition coefficient (Wildman–Crippen LogP) is 2.72. The van der Waals surface area contributed by atoms with Crippen molar-refractivity contribution in [1.82, 2.24) is 0 Å². The molecule has 0 saturated carbocycles. The summed E-state index contributed by atoms with van der Waals surface area (Å²) in [6.07, 6.45) is 0.347. The van der Waals surface area contributed by atoms with Crippen molar-refractivity contribution in [2.24, 2.45) is 11.3 Å². The normalized spacial score (nSPS) is 11.2. The van der Waals surface area contributed by atoms with Crippen LogP contribution in [0.1, 0.15) is 41.0 Å². The van der Waals surface area contributed by atoms with Crippen molar-refractivity contribution in [3.05, 3.63) is 12.2 Å². The van der Waals surface area contributed by atoms with Gasteiger partial charge >= 0.3 is 11.9 Å². The molecule has 0 atom stereocenters. The first-order chi connectivity index (χ1) is 8.32. The summed E-state index contributed by atoms with van der Waals surface area (Å²) in [5, 5.41) is 0. The van der Waals surface area contributed by atoms with Crippen molar-refractivity contribution in [3.63, 3.8) is 0 Å². The highest BCUT2D eigenvalue weighted by molar-refractivity contribution is 6.03. The number of ether oxygens (including phenoxy) is 2. The lowest BCUT2D eigenvalue weighted by Gasteiger charge is -2.31. The van der Waals surface area contributed by atoms with Crippen molar-refractivity contribution >= 4 is 11.9 Å². The van der Waals surface area contributed by atoms with E-state index in [9.17, 15) is 9.59 Å². The summed E-state index contributed by atoms with van der Waals surface area (Å²) in [5.41, 5.74) is -0.909. The summed E-state index contributed by atoms with van der Waals surface area (Å²) in [5.74, 6) is -0.982.